The predicted octanol–water partition coefficient (Wildman–Crippen LogP) is 2.44. The molecule has 124 valence electrons. The molecule has 1 atom stereocenters. The van der Waals surface area contributed by atoms with E-state index >= 15 is 0 Å². The molecule has 1 aromatic rings. The number of aryl methyl sites for hydroxylation is 1. The summed E-state index contributed by atoms with van der Waals surface area (Å²) in [6.45, 7) is 10.1. The molecule has 0 saturated carbocycles. The van der Waals surface area contributed by atoms with Gasteiger partial charge in [-0.1, -0.05) is 31.2 Å². The van der Waals surface area contributed by atoms with Crippen molar-refractivity contribution in [2.24, 2.45) is 0 Å². The molecule has 0 aliphatic carbocycles. The Bertz CT molecular complexity index is 497. The number of amides is 1. The maximum absolute atomic E-state index is 12.7. The molecule has 0 aromatic heterocycles. The molecule has 1 unspecified atom stereocenters. The first kappa shape index (κ1) is 18.7. The number of likely N-dealkylation sites (N-methyl/N-ethyl adjacent to an activating group) is 2. The summed E-state index contributed by atoms with van der Waals surface area (Å²) in [6.07, 6.45) is 0. The fraction of sp³-hybridized carbons (Fsp3) is 0.611. The van der Waals surface area contributed by atoms with E-state index in [-0.39, 0.29) is 17.5 Å². The van der Waals surface area contributed by atoms with Crippen LogP contribution < -0.4 is 5.32 Å². The van der Waals surface area contributed by atoms with Crippen molar-refractivity contribution < 1.29 is 4.79 Å². The molecule has 0 spiro atoms. The molecule has 0 aliphatic rings. The van der Waals surface area contributed by atoms with Gasteiger partial charge < -0.3 is 5.32 Å². The van der Waals surface area contributed by atoms with E-state index in [1.54, 1.807) is 0 Å². The first-order valence-electron chi connectivity index (χ1n) is 7.91. The molecule has 0 fully saturated rings. The monoisotopic (exact) mass is 305 g/mol. The lowest BCUT2D eigenvalue weighted by Crippen LogP contribution is -2.51. The van der Waals surface area contributed by atoms with Gasteiger partial charge >= 0.3 is 0 Å². The summed E-state index contributed by atoms with van der Waals surface area (Å²) >= 11 is 0. The molecule has 0 heterocycles. The summed E-state index contributed by atoms with van der Waals surface area (Å²) in [5.41, 5.74) is 2.14. The van der Waals surface area contributed by atoms with Crippen LogP contribution in [-0.4, -0.2) is 55.5 Å². The summed E-state index contributed by atoms with van der Waals surface area (Å²) in [6, 6.07) is 7.81. The molecule has 0 bridgehead atoms. The maximum atomic E-state index is 12.7. The standard InChI is InChI=1S/C18H31N3O/c1-8-21(7)18(3,4)13-19-17(22)16(20(5)6)15-12-10-9-11-14(15)2/h9-12,16H,8,13H2,1-7H3,(H,19,22). The largest absolute Gasteiger partial charge is 0.353 e. The minimum Gasteiger partial charge on any atom is -0.353 e. The van der Waals surface area contributed by atoms with Crippen molar-refractivity contribution in [2.45, 2.75) is 39.3 Å². The summed E-state index contributed by atoms with van der Waals surface area (Å²) in [4.78, 5) is 16.9. The molecule has 22 heavy (non-hydrogen) atoms. The third kappa shape index (κ3) is 4.55. The number of nitrogens with zero attached hydrogens (tertiary/aromatic N) is 2. The Labute approximate surface area is 135 Å². The number of carbonyl (C=O) groups is 1. The smallest absolute Gasteiger partial charge is 0.242 e. The zero-order chi connectivity index (χ0) is 16.9. The van der Waals surface area contributed by atoms with Crippen molar-refractivity contribution in [3.8, 4) is 0 Å². The Morgan fingerprint density at radius 1 is 1.23 bits per heavy atom. The topological polar surface area (TPSA) is 35.6 Å². The average Bonchev–Trinajstić information content (AvgIpc) is 2.46. The molecule has 1 amide bonds. The van der Waals surface area contributed by atoms with Gasteiger partial charge in [0.05, 0.1) is 0 Å². The lowest BCUT2D eigenvalue weighted by molar-refractivity contribution is -0.126. The van der Waals surface area contributed by atoms with Crippen LogP contribution in [0.15, 0.2) is 24.3 Å². The number of hydrogen-bond acceptors (Lipinski definition) is 3. The Kier molecular flexibility index (Phi) is 6.57. The van der Waals surface area contributed by atoms with Crippen LogP contribution in [0.4, 0.5) is 0 Å². The van der Waals surface area contributed by atoms with Gasteiger partial charge in [0, 0.05) is 12.1 Å². The van der Waals surface area contributed by atoms with E-state index in [1.165, 1.54) is 0 Å². The van der Waals surface area contributed by atoms with Crippen LogP contribution in [0.3, 0.4) is 0 Å². The van der Waals surface area contributed by atoms with Gasteiger partial charge in [-0.25, -0.2) is 0 Å². The van der Waals surface area contributed by atoms with Crippen molar-refractivity contribution in [1.29, 1.82) is 0 Å². The molecular formula is C18H31N3O. The van der Waals surface area contributed by atoms with Gasteiger partial charge in [-0.15, -0.1) is 0 Å². The highest BCUT2D eigenvalue weighted by molar-refractivity contribution is 5.83. The Morgan fingerprint density at radius 3 is 2.32 bits per heavy atom. The quantitative estimate of drug-likeness (QED) is 0.840. The molecule has 0 saturated heterocycles. The Hall–Kier alpha value is -1.39. The molecule has 4 nitrogen and oxygen atoms in total. The first-order valence-corrected chi connectivity index (χ1v) is 7.91. The number of benzene rings is 1. The lowest BCUT2D eigenvalue weighted by atomic mass is 9.98. The van der Waals surface area contributed by atoms with Crippen LogP contribution in [-0.2, 0) is 4.79 Å². The minimum absolute atomic E-state index is 0.0527. The van der Waals surface area contributed by atoms with E-state index in [2.05, 4.69) is 38.0 Å². The van der Waals surface area contributed by atoms with Gasteiger partial charge in [-0.05, 0) is 59.6 Å². The molecular weight excluding hydrogens is 274 g/mol. The maximum Gasteiger partial charge on any atom is 0.242 e. The van der Waals surface area contributed by atoms with E-state index in [9.17, 15) is 4.79 Å². The predicted molar refractivity (Wildman–Crippen MR) is 93.0 cm³/mol. The summed E-state index contributed by atoms with van der Waals surface area (Å²) in [7, 11) is 5.97. The Balaban J connectivity index is 2.86. The molecule has 4 heteroatoms. The second-order valence-corrected chi connectivity index (χ2v) is 6.77. The van der Waals surface area contributed by atoms with Gasteiger partial charge in [-0.2, -0.15) is 0 Å². The first-order chi connectivity index (χ1) is 10.2. The van der Waals surface area contributed by atoms with Crippen LogP contribution in [0.1, 0.15) is 37.9 Å². The van der Waals surface area contributed by atoms with Crippen LogP contribution in [0.25, 0.3) is 0 Å². The fourth-order valence-electron chi connectivity index (χ4n) is 2.51. The van der Waals surface area contributed by atoms with E-state index in [1.807, 2.05) is 50.2 Å². The van der Waals surface area contributed by atoms with Crippen LogP contribution in [0.2, 0.25) is 0 Å². The van der Waals surface area contributed by atoms with Gasteiger partial charge in [-0.3, -0.25) is 14.6 Å². The van der Waals surface area contributed by atoms with Crippen molar-refractivity contribution >= 4 is 5.91 Å². The van der Waals surface area contributed by atoms with Gasteiger partial charge in [0.25, 0.3) is 0 Å². The summed E-state index contributed by atoms with van der Waals surface area (Å²) < 4.78 is 0. The number of hydrogen-bond donors (Lipinski definition) is 1. The number of carbonyl (C=O) groups excluding carboxylic acids is 1. The molecule has 1 N–H and O–H groups in total. The third-order valence-electron chi connectivity index (χ3n) is 4.45. The Morgan fingerprint density at radius 2 is 1.82 bits per heavy atom. The summed E-state index contributed by atoms with van der Waals surface area (Å²) in [5, 5.41) is 3.12. The SMILES string of the molecule is CCN(C)C(C)(C)CNC(=O)C(c1ccccc1C)N(C)C. The highest BCUT2D eigenvalue weighted by Gasteiger charge is 2.28. The molecule has 1 rings (SSSR count). The van der Waals surface area contributed by atoms with E-state index in [0.29, 0.717) is 6.54 Å². The highest BCUT2D eigenvalue weighted by atomic mass is 16.2. The number of nitrogens with one attached hydrogen (secondary N) is 1. The second kappa shape index (κ2) is 7.75. The van der Waals surface area contributed by atoms with Gasteiger partial charge in [0.2, 0.25) is 5.91 Å². The second-order valence-electron chi connectivity index (χ2n) is 6.77. The number of rotatable bonds is 7. The van der Waals surface area contributed by atoms with Crippen LogP contribution in [0, 0.1) is 6.92 Å². The average molecular weight is 305 g/mol. The van der Waals surface area contributed by atoms with E-state index in [0.717, 1.165) is 17.7 Å². The minimum atomic E-state index is -0.260. The third-order valence-corrected chi connectivity index (χ3v) is 4.45. The lowest BCUT2D eigenvalue weighted by Gasteiger charge is -2.36. The molecule has 0 aliphatic heterocycles. The van der Waals surface area contributed by atoms with Crippen LogP contribution >= 0.6 is 0 Å². The van der Waals surface area contributed by atoms with E-state index in [4.69, 9.17) is 0 Å². The van der Waals surface area contributed by atoms with Crippen LogP contribution in [0.5, 0.6) is 0 Å². The summed E-state index contributed by atoms with van der Waals surface area (Å²) in [5.74, 6) is 0.0527. The van der Waals surface area contributed by atoms with Gasteiger partial charge in [0.1, 0.15) is 6.04 Å². The van der Waals surface area contributed by atoms with E-state index < -0.39 is 0 Å². The fourth-order valence-corrected chi connectivity index (χ4v) is 2.51. The van der Waals surface area contributed by atoms with Crippen molar-refractivity contribution in [2.75, 3.05) is 34.2 Å². The zero-order valence-electron chi connectivity index (χ0n) is 15.1. The van der Waals surface area contributed by atoms with Gasteiger partial charge in [0.15, 0.2) is 0 Å². The van der Waals surface area contributed by atoms with Crippen molar-refractivity contribution in [3.05, 3.63) is 35.4 Å². The van der Waals surface area contributed by atoms with Crippen molar-refractivity contribution in [1.82, 2.24) is 15.1 Å². The molecule has 1 aromatic carbocycles. The molecule has 0 radical (unpaired) electrons. The normalized spacial score (nSPS) is 13.5. The zero-order valence-corrected chi connectivity index (χ0v) is 15.1. The van der Waals surface area contributed by atoms with Crippen molar-refractivity contribution in [3.63, 3.8) is 0 Å². The highest BCUT2D eigenvalue weighted by Crippen LogP contribution is 2.22.